The van der Waals surface area contributed by atoms with Crippen molar-refractivity contribution in [3.8, 4) is 0 Å². The Morgan fingerprint density at radius 1 is 1.65 bits per heavy atom. The van der Waals surface area contributed by atoms with Crippen molar-refractivity contribution in [3.05, 3.63) is 18.2 Å². The molecule has 5 nitrogen and oxygen atoms in total. The summed E-state index contributed by atoms with van der Waals surface area (Å²) in [5.74, 6) is 0.130. The average Bonchev–Trinajstić information content (AvgIpc) is 3.08. The molecule has 1 aliphatic carbocycles. The van der Waals surface area contributed by atoms with Crippen molar-refractivity contribution >= 4 is 5.91 Å². The summed E-state index contributed by atoms with van der Waals surface area (Å²) in [5, 5.41) is 3.17. The zero-order chi connectivity index (χ0) is 12.3. The van der Waals surface area contributed by atoms with Gasteiger partial charge in [-0.1, -0.05) is 0 Å². The van der Waals surface area contributed by atoms with Crippen LogP contribution >= 0.6 is 0 Å². The lowest BCUT2D eigenvalue weighted by atomic mass is 10.4. The highest BCUT2D eigenvalue weighted by Gasteiger charge is 2.24. The van der Waals surface area contributed by atoms with Crippen LogP contribution in [-0.4, -0.2) is 40.5 Å². The summed E-state index contributed by atoms with van der Waals surface area (Å²) in [4.78, 5) is 17.4. The molecule has 0 aliphatic heterocycles. The zero-order valence-corrected chi connectivity index (χ0v) is 10.5. The molecule has 5 heteroatoms. The Hall–Kier alpha value is -1.36. The highest BCUT2D eigenvalue weighted by atomic mass is 16.2. The lowest BCUT2D eigenvalue weighted by Gasteiger charge is -2.15. The van der Waals surface area contributed by atoms with E-state index >= 15 is 0 Å². The maximum atomic E-state index is 11.6. The largest absolute Gasteiger partial charge is 0.345 e. The number of carbonyl (C=O) groups excluding carboxylic acids is 1. The van der Waals surface area contributed by atoms with Gasteiger partial charge in [0.2, 0.25) is 5.91 Å². The molecule has 0 radical (unpaired) electrons. The zero-order valence-electron chi connectivity index (χ0n) is 10.5. The number of hydrogen-bond acceptors (Lipinski definition) is 3. The van der Waals surface area contributed by atoms with E-state index in [-0.39, 0.29) is 5.91 Å². The molecule has 2 rings (SSSR count). The predicted octanol–water partition coefficient (Wildman–Crippen LogP) is 0.786. The first kappa shape index (κ1) is 12.1. The van der Waals surface area contributed by atoms with Gasteiger partial charge in [-0.25, -0.2) is 4.98 Å². The average molecular weight is 236 g/mol. The van der Waals surface area contributed by atoms with Gasteiger partial charge in [-0.2, -0.15) is 0 Å². The number of likely N-dealkylation sites (N-methyl/N-ethyl adjacent to an activating group) is 1. The summed E-state index contributed by atoms with van der Waals surface area (Å²) in [6.07, 6.45) is 6.26. The molecule has 0 atom stereocenters. The number of carbonyl (C=O) groups is 1. The number of aromatic nitrogens is 2. The van der Waals surface area contributed by atoms with Crippen LogP contribution in [0, 0.1) is 0 Å². The maximum Gasteiger partial charge on any atom is 0.236 e. The number of nitrogens with zero attached hydrogens (tertiary/aromatic N) is 3. The minimum absolute atomic E-state index is 0.130. The molecule has 1 fully saturated rings. The van der Waals surface area contributed by atoms with E-state index < -0.39 is 0 Å². The van der Waals surface area contributed by atoms with Gasteiger partial charge in [0, 0.05) is 32.4 Å². The Kier molecular flexibility index (Phi) is 3.78. The molecular formula is C12H20N4O. The van der Waals surface area contributed by atoms with Crippen molar-refractivity contribution in [2.75, 3.05) is 20.1 Å². The molecule has 1 aliphatic rings. The van der Waals surface area contributed by atoms with Crippen molar-refractivity contribution in [3.63, 3.8) is 0 Å². The van der Waals surface area contributed by atoms with Gasteiger partial charge in [-0.05, 0) is 19.8 Å². The highest BCUT2D eigenvalue weighted by Crippen LogP contribution is 2.35. The minimum Gasteiger partial charge on any atom is -0.345 e. The van der Waals surface area contributed by atoms with Crippen LogP contribution in [0.5, 0.6) is 0 Å². The van der Waals surface area contributed by atoms with Gasteiger partial charge in [0.1, 0.15) is 0 Å². The SMILES string of the molecule is CCN(C)C(=O)CNCc1cncn1C1CC1. The van der Waals surface area contributed by atoms with Crippen LogP contribution in [0.2, 0.25) is 0 Å². The van der Waals surface area contributed by atoms with Crippen molar-refractivity contribution in [1.82, 2.24) is 19.8 Å². The molecule has 1 saturated carbocycles. The van der Waals surface area contributed by atoms with Crippen molar-refractivity contribution in [2.45, 2.75) is 32.4 Å². The third kappa shape index (κ3) is 3.06. The van der Waals surface area contributed by atoms with Gasteiger partial charge in [-0.3, -0.25) is 4.79 Å². The smallest absolute Gasteiger partial charge is 0.236 e. The van der Waals surface area contributed by atoms with Crippen LogP contribution in [0.25, 0.3) is 0 Å². The van der Waals surface area contributed by atoms with Gasteiger partial charge >= 0.3 is 0 Å². The summed E-state index contributed by atoms with van der Waals surface area (Å²) >= 11 is 0. The van der Waals surface area contributed by atoms with Gasteiger partial charge in [0.15, 0.2) is 0 Å². The van der Waals surface area contributed by atoms with Gasteiger partial charge in [0.25, 0.3) is 0 Å². The van der Waals surface area contributed by atoms with Crippen LogP contribution in [0.3, 0.4) is 0 Å². The summed E-state index contributed by atoms with van der Waals surface area (Å²) in [6.45, 7) is 3.82. The fourth-order valence-electron chi connectivity index (χ4n) is 1.76. The third-order valence-corrected chi connectivity index (χ3v) is 3.17. The molecule has 1 heterocycles. The first-order valence-electron chi connectivity index (χ1n) is 6.17. The molecule has 17 heavy (non-hydrogen) atoms. The molecule has 1 aromatic heterocycles. The lowest BCUT2D eigenvalue weighted by molar-refractivity contribution is -0.128. The Balaban J connectivity index is 1.78. The summed E-state index contributed by atoms with van der Waals surface area (Å²) in [5.41, 5.74) is 1.17. The molecule has 0 aromatic carbocycles. The standard InChI is InChI=1S/C12H20N4O/c1-3-15(2)12(17)8-13-6-11-7-14-9-16(11)10-4-5-10/h7,9-10,13H,3-6,8H2,1-2H3. The highest BCUT2D eigenvalue weighted by molar-refractivity contribution is 5.77. The molecule has 0 saturated heterocycles. The molecule has 0 spiro atoms. The number of hydrogen-bond donors (Lipinski definition) is 1. The van der Waals surface area contributed by atoms with Crippen molar-refractivity contribution in [1.29, 1.82) is 0 Å². The Morgan fingerprint density at radius 3 is 3.06 bits per heavy atom. The second-order valence-electron chi connectivity index (χ2n) is 4.53. The Morgan fingerprint density at radius 2 is 2.41 bits per heavy atom. The molecule has 1 amide bonds. The monoisotopic (exact) mass is 236 g/mol. The van der Waals surface area contributed by atoms with E-state index in [0.29, 0.717) is 19.1 Å². The van der Waals surface area contributed by atoms with E-state index in [9.17, 15) is 4.79 Å². The van der Waals surface area contributed by atoms with Crippen LogP contribution < -0.4 is 5.32 Å². The normalized spacial score (nSPS) is 14.9. The van der Waals surface area contributed by atoms with Crippen LogP contribution in [0.4, 0.5) is 0 Å². The maximum absolute atomic E-state index is 11.6. The van der Waals surface area contributed by atoms with E-state index in [1.165, 1.54) is 18.5 Å². The van der Waals surface area contributed by atoms with E-state index in [4.69, 9.17) is 0 Å². The first-order valence-corrected chi connectivity index (χ1v) is 6.17. The predicted molar refractivity (Wildman–Crippen MR) is 65.5 cm³/mol. The number of rotatable bonds is 6. The van der Waals surface area contributed by atoms with E-state index in [0.717, 1.165) is 6.54 Å². The van der Waals surface area contributed by atoms with E-state index in [2.05, 4.69) is 14.9 Å². The van der Waals surface area contributed by atoms with E-state index in [1.54, 1.807) is 4.90 Å². The van der Waals surface area contributed by atoms with E-state index in [1.807, 2.05) is 26.5 Å². The molecule has 94 valence electrons. The molecule has 1 N–H and O–H groups in total. The first-order chi connectivity index (χ1) is 8.22. The van der Waals surface area contributed by atoms with Crippen molar-refractivity contribution < 1.29 is 4.79 Å². The van der Waals surface area contributed by atoms with Gasteiger partial charge < -0.3 is 14.8 Å². The molecule has 1 aromatic rings. The Bertz CT molecular complexity index is 384. The van der Waals surface area contributed by atoms with Crippen LogP contribution in [-0.2, 0) is 11.3 Å². The fraction of sp³-hybridized carbons (Fsp3) is 0.667. The topological polar surface area (TPSA) is 50.2 Å². The van der Waals surface area contributed by atoms with Crippen LogP contribution in [0.1, 0.15) is 31.5 Å². The van der Waals surface area contributed by atoms with Gasteiger partial charge in [-0.15, -0.1) is 0 Å². The third-order valence-electron chi connectivity index (χ3n) is 3.17. The summed E-state index contributed by atoms with van der Waals surface area (Å²) in [7, 11) is 1.82. The molecular weight excluding hydrogens is 216 g/mol. The summed E-state index contributed by atoms with van der Waals surface area (Å²) < 4.78 is 2.21. The molecule has 0 bridgehead atoms. The fourth-order valence-corrected chi connectivity index (χ4v) is 1.76. The van der Waals surface area contributed by atoms with Crippen LogP contribution in [0.15, 0.2) is 12.5 Å². The second-order valence-corrected chi connectivity index (χ2v) is 4.53. The summed E-state index contributed by atoms with van der Waals surface area (Å²) in [6, 6.07) is 0.642. The lowest BCUT2D eigenvalue weighted by Crippen LogP contribution is -2.35. The molecule has 0 unspecified atom stereocenters. The minimum atomic E-state index is 0.130. The number of imidazole rings is 1. The number of nitrogens with one attached hydrogen (secondary N) is 1. The number of amides is 1. The van der Waals surface area contributed by atoms with Crippen molar-refractivity contribution in [2.24, 2.45) is 0 Å². The Labute approximate surface area is 102 Å². The van der Waals surface area contributed by atoms with Gasteiger partial charge in [0.05, 0.1) is 18.6 Å². The second kappa shape index (κ2) is 5.31. The quantitative estimate of drug-likeness (QED) is 0.794.